The standard InChI is InChI=1S/C45H38ClNO6/c1-44(42(48)49,47-43(50)52-29-37-35-21-11-9-19-33(35)34-20-10-12-22-36(34)37)28-30-25-26-40(41(27-30)51-2)53-45(31-15-5-3-6-16-31,32-17-7-4-8-18-32)38-23-13-14-24-39(38)46/h3-27,37H,28-29H2,1-2H3,(H,47,50)(H,48,49). The molecule has 1 atom stereocenters. The van der Waals surface area contributed by atoms with Gasteiger partial charge in [0.15, 0.2) is 17.1 Å². The van der Waals surface area contributed by atoms with Crippen LogP contribution in [0.2, 0.25) is 5.02 Å². The Hall–Kier alpha value is -6.05. The minimum atomic E-state index is -1.70. The van der Waals surface area contributed by atoms with Crippen LogP contribution in [0.5, 0.6) is 11.5 Å². The van der Waals surface area contributed by atoms with Gasteiger partial charge in [0.25, 0.3) is 0 Å². The van der Waals surface area contributed by atoms with Gasteiger partial charge >= 0.3 is 12.1 Å². The summed E-state index contributed by atoms with van der Waals surface area (Å²) < 4.78 is 18.6. The average Bonchev–Trinajstić information content (AvgIpc) is 3.51. The number of carboxylic acids is 1. The summed E-state index contributed by atoms with van der Waals surface area (Å²) in [6.45, 7) is 1.52. The maximum atomic E-state index is 13.2. The Kier molecular flexibility index (Phi) is 9.94. The topological polar surface area (TPSA) is 94.1 Å². The van der Waals surface area contributed by atoms with Crippen molar-refractivity contribution in [1.82, 2.24) is 5.32 Å². The van der Waals surface area contributed by atoms with Gasteiger partial charge in [-0.1, -0.05) is 145 Å². The summed E-state index contributed by atoms with van der Waals surface area (Å²) in [6.07, 6.45) is -0.880. The number of benzene rings is 6. The Morgan fingerprint density at radius 3 is 1.83 bits per heavy atom. The number of nitrogens with one attached hydrogen (secondary N) is 1. The SMILES string of the molecule is COc1cc(CC(C)(NC(=O)OCC2c3ccccc3-c3ccccc32)C(=O)O)ccc1OC(c1ccccc1)(c1ccccc1)c1ccccc1Cl. The van der Waals surface area contributed by atoms with Crippen molar-refractivity contribution in [2.24, 2.45) is 0 Å². The molecular weight excluding hydrogens is 686 g/mol. The number of fused-ring (bicyclic) bond motifs is 3. The molecule has 1 aliphatic carbocycles. The van der Waals surface area contributed by atoms with Crippen LogP contribution in [-0.4, -0.2) is 36.4 Å². The van der Waals surface area contributed by atoms with E-state index in [1.165, 1.54) is 14.0 Å². The number of alkyl carbamates (subject to hydrolysis) is 1. The molecule has 7 rings (SSSR count). The van der Waals surface area contributed by atoms with E-state index >= 15 is 0 Å². The van der Waals surface area contributed by atoms with Crippen LogP contribution < -0.4 is 14.8 Å². The molecule has 7 nitrogen and oxygen atoms in total. The van der Waals surface area contributed by atoms with E-state index in [0.717, 1.165) is 38.9 Å². The van der Waals surface area contributed by atoms with E-state index in [-0.39, 0.29) is 18.9 Å². The first kappa shape index (κ1) is 35.4. The first-order valence-electron chi connectivity index (χ1n) is 17.3. The number of carboxylic acid groups (broad SMARTS) is 1. The van der Waals surface area contributed by atoms with Gasteiger partial charge in [0, 0.05) is 34.1 Å². The third-order valence-corrected chi connectivity index (χ3v) is 10.2. The van der Waals surface area contributed by atoms with Crippen molar-refractivity contribution < 1.29 is 28.9 Å². The smallest absolute Gasteiger partial charge is 0.408 e. The highest BCUT2D eigenvalue weighted by Crippen LogP contribution is 2.47. The lowest BCUT2D eigenvalue weighted by atomic mass is 9.80. The first-order valence-corrected chi connectivity index (χ1v) is 17.7. The van der Waals surface area contributed by atoms with Crippen LogP contribution in [0.15, 0.2) is 152 Å². The van der Waals surface area contributed by atoms with Crippen LogP contribution in [0.25, 0.3) is 11.1 Å². The monoisotopic (exact) mass is 723 g/mol. The Bertz CT molecular complexity index is 2170. The Labute approximate surface area is 313 Å². The number of aliphatic carboxylic acids is 1. The van der Waals surface area contributed by atoms with Gasteiger partial charge in [-0.05, 0) is 52.9 Å². The van der Waals surface area contributed by atoms with E-state index in [1.807, 2.05) is 121 Å². The van der Waals surface area contributed by atoms with Crippen molar-refractivity contribution in [3.8, 4) is 22.6 Å². The van der Waals surface area contributed by atoms with Gasteiger partial charge in [-0.25, -0.2) is 9.59 Å². The van der Waals surface area contributed by atoms with E-state index in [2.05, 4.69) is 17.4 Å². The number of rotatable bonds is 12. The molecule has 266 valence electrons. The molecule has 0 fully saturated rings. The highest BCUT2D eigenvalue weighted by atomic mass is 35.5. The maximum absolute atomic E-state index is 13.2. The van der Waals surface area contributed by atoms with E-state index in [0.29, 0.717) is 22.1 Å². The second kappa shape index (κ2) is 14.9. The Morgan fingerprint density at radius 2 is 1.26 bits per heavy atom. The molecule has 6 aromatic carbocycles. The molecule has 0 aliphatic heterocycles. The lowest BCUT2D eigenvalue weighted by Gasteiger charge is -2.37. The zero-order valence-electron chi connectivity index (χ0n) is 29.3. The first-order chi connectivity index (χ1) is 25.7. The second-order valence-electron chi connectivity index (χ2n) is 13.2. The fourth-order valence-corrected chi connectivity index (χ4v) is 7.52. The molecule has 0 bridgehead atoms. The summed E-state index contributed by atoms with van der Waals surface area (Å²) in [7, 11) is 1.53. The van der Waals surface area contributed by atoms with Crippen LogP contribution in [0, 0.1) is 0 Å². The van der Waals surface area contributed by atoms with Crippen LogP contribution in [-0.2, 0) is 21.6 Å². The zero-order chi connectivity index (χ0) is 37.0. The molecule has 0 radical (unpaired) electrons. The highest BCUT2D eigenvalue weighted by Gasteiger charge is 2.42. The van der Waals surface area contributed by atoms with Gasteiger partial charge in [-0.15, -0.1) is 0 Å². The van der Waals surface area contributed by atoms with E-state index in [4.69, 9.17) is 25.8 Å². The number of halogens is 1. The zero-order valence-corrected chi connectivity index (χ0v) is 30.0. The van der Waals surface area contributed by atoms with Crippen molar-refractivity contribution in [3.05, 3.63) is 190 Å². The molecule has 0 spiro atoms. The molecular formula is C45H38ClNO6. The number of methoxy groups -OCH3 is 1. The predicted molar refractivity (Wildman–Crippen MR) is 206 cm³/mol. The lowest BCUT2D eigenvalue weighted by Crippen LogP contribution is -2.54. The third-order valence-electron chi connectivity index (χ3n) is 9.86. The molecule has 0 saturated heterocycles. The van der Waals surface area contributed by atoms with E-state index < -0.39 is 23.2 Å². The van der Waals surface area contributed by atoms with Gasteiger partial charge in [0.1, 0.15) is 12.1 Å². The summed E-state index contributed by atoms with van der Waals surface area (Å²) in [4.78, 5) is 26.0. The van der Waals surface area contributed by atoms with Crippen LogP contribution in [0.1, 0.15) is 46.2 Å². The minimum absolute atomic E-state index is 0.0593. The molecule has 0 heterocycles. The summed E-state index contributed by atoms with van der Waals surface area (Å²) in [5.41, 5.74) is 4.47. The van der Waals surface area contributed by atoms with Gasteiger partial charge < -0.3 is 24.6 Å². The molecule has 1 aliphatic rings. The minimum Gasteiger partial charge on any atom is -0.493 e. The second-order valence-corrected chi connectivity index (χ2v) is 13.7. The third kappa shape index (κ3) is 6.84. The molecule has 0 saturated carbocycles. The molecule has 0 aromatic heterocycles. The van der Waals surface area contributed by atoms with E-state index in [9.17, 15) is 14.7 Å². The molecule has 6 aromatic rings. The van der Waals surface area contributed by atoms with Crippen molar-refractivity contribution >= 4 is 23.7 Å². The van der Waals surface area contributed by atoms with Gasteiger partial charge in [0.2, 0.25) is 0 Å². The van der Waals surface area contributed by atoms with Gasteiger partial charge in [-0.3, -0.25) is 0 Å². The van der Waals surface area contributed by atoms with Gasteiger partial charge in [-0.2, -0.15) is 0 Å². The number of amides is 1. The maximum Gasteiger partial charge on any atom is 0.408 e. The Morgan fingerprint density at radius 1 is 0.717 bits per heavy atom. The van der Waals surface area contributed by atoms with Crippen LogP contribution in [0.4, 0.5) is 4.79 Å². The largest absolute Gasteiger partial charge is 0.493 e. The normalized spacial score (nSPS) is 13.3. The Balaban J connectivity index is 1.15. The fourth-order valence-electron chi connectivity index (χ4n) is 7.26. The molecule has 53 heavy (non-hydrogen) atoms. The number of hydrogen-bond acceptors (Lipinski definition) is 5. The molecule has 1 unspecified atom stereocenters. The van der Waals surface area contributed by atoms with Crippen molar-refractivity contribution in [2.75, 3.05) is 13.7 Å². The lowest BCUT2D eigenvalue weighted by molar-refractivity contribution is -0.143. The molecule has 1 amide bonds. The van der Waals surface area contributed by atoms with Crippen LogP contribution >= 0.6 is 11.6 Å². The number of ether oxygens (including phenoxy) is 3. The fraction of sp³-hybridized carbons (Fsp3) is 0.156. The average molecular weight is 724 g/mol. The summed E-state index contributed by atoms with van der Waals surface area (Å²) in [6, 6.07) is 48.5. The van der Waals surface area contributed by atoms with Crippen LogP contribution in [0.3, 0.4) is 0 Å². The summed E-state index contributed by atoms with van der Waals surface area (Å²) >= 11 is 6.91. The summed E-state index contributed by atoms with van der Waals surface area (Å²) in [5, 5.41) is 13.5. The molecule has 2 N–H and O–H groups in total. The van der Waals surface area contributed by atoms with Crippen molar-refractivity contribution in [1.29, 1.82) is 0 Å². The quantitative estimate of drug-likeness (QED) is 0.122. The highest BCUT2D eigenvalue weighted by molar-refractivity contribution is 6.31. The number of carbonyl (C=O) groups is 2. The van der Waals surface area contributed by atoms with E-state index in [1.54, 1.807) is 18.2 Å². The summed E-state index contributed by atoms with van der Waals surface area (Å²) in [5.74, 6) is -0.591. The van der Waals surface area contributed by atoms with Gasteiger partial charge in [0.05, 0.1) is 7.11 Å². The molecule has 8 heteroatoms. The predicted octanol–water partition coefficient (Wildman–Crippen LogP) is 9.64. The van der Waals surface area contributed by atoms with Crippen molar-refractivity contribution in [2.45, 2.75) is 30.4 Å². The number of carbonyl (C=O) groups excluding carboxylic acids is 1. The number of hydrogen-bond donors (Lipinski definition) is 2. The van der Waals surface area contributed by atoms with Crippen molar-refractivity contribution in [3.63, 3.8) is 0 Å².